The van der Waals surface area contributed by atoms with Crippen molar-refractivity contribution in [2.45, 2.75) is 17.4 Å². The van der Waals surface area contributed by atoms with E-state index >= 15 is 0 Å². The molecular weight excluding hydrogens is 504 g/mol. The van der Waals surface area contributed by atoms with E-state index < -0.39 is 27.9 Å². The molecule has 0 radical (unpaired) electrons. The van der Waals surface area contributed by atoms with Crippen LogP contribution >= 0.6 is 15.9 Å². The van der Waals surface area contributed by atoms with Crippen molar-refractivity contribution in [1.29, 1.82) is 0 Å². The standard InChI is InChI=1S/C19H23BrN6O5S.3H2/c20-14-3-1-13-10-15(4-2-12(13)9-14)32(29,30)25-16-5-7-26(18(16)28)11-17(27)23-6-8-31-24-19(21)22;;;/h1-4,9-10,16,25H,5-8,11H2,(H,23,27)(H4,21,22,24);3*1H/t16-;;;/m0.../s1. The van der Waals surface area contributed by atoms with Crippen molar-refractivity contribution in [3.05, 3.63) is 40.9 Å². The largest absolute Gasteiger partial charge is 0.391 e. The molecule has 0 aromatic heterocycles. The summed E-state index contributed by atoms with van der Waals surface area (Å²) in [6.45, 7) is 0.273. The number of sulfonamides is 1. The summed E-state index contributed by atoms with van der Waals surface area (Å²) in [7, 11) is -3.92. The molecule has 6 N–H and O–H groups in total. The Morgan fingerprint density at radius 2 is 1.97 bits per heavy atom. The van der Waals surface area contributed by atoms with Crippen molar-refractivity contribution in [3.8, 4) is 0 Å². The van der Waals surface area contributed by atoms with Gasteiger partial charge in [0.05, 0.1) is 18.0 Å². The zero-order valence-electron chi connectivity index (χ0n) is 17.0. The molecule has 1 atom stereocenters. The lowest BCUT2D eigenvalue weighted by molar-refractivity contribution is -0.134. The van der Waals surface area contributed by atoms with Gasteiger partial charge in [-0.25, -0.2) is 8.42 Å². The minimum absolute atomic E-state index is 0. The van der Waals surface area contributed by atoms with Crippen LogP contribution < -0.4 is 21.5 Å². The molecule has 2 amide bonds. The van der Waals surface area contributed by atoms with Crippen molar-refractivity contribution in [2.75, 3.05) is 26.2 Å². The molecule has 1 aliphatic heterocycles. The third-order valence-corrected chi connectivity index (χ3v) is 6.66. The molecule has 178 valence electrons. The summed E-state index contributed by atoms with van der Waals surface area (Å²) in [4.78, 5) is 30.7. The van der Waals surface area contributed by atoms with Crippen LogP contribution in [0.3, 0.4) is 0 Å². The first-order valence-electron chi connectivity index (χ1n) is 9.64. The predicted octanol–water partition coefficient (Wildman–Crippen LogP) is 0.541. The number of carbonyl (C=O) groups is 2. The number of likely N-dealkylation sites (tertiary alicyclic amines) is 1. The Bertz CT molecular complexity index is 1170. The highest BCUT2D eigenvalue weighted by Gasteiger charge is 2.35. The van der Waals surface area contributed by atoms with Crippen LogP contribution in [0.25, 0.3) is 10.8 Å². The van der Waals surface area contributed by atoms with Crippen LogP contribution in [0.4, 0.5) is 0 Å². The average molecular weight is 533 g/mol. The normalized spacial score (nSPS) is 16.2. The van der Waals surface area contributed by atoms with Gasteiger partial charge in [-0.2, -0.15) is 4.72 Å². The maximum Gasteiger partial charge on any atom is 0.241 e. The molecule has 1 saturated heterocycles. The van der Waals surface area contributed by atoms with Gasteiger partial charge in [-0.3, -0.25) is 9.59 Å². The highest BCUT2D eigenvalue weighted by molar-refractivity contribution is 9.10. The Labute approximate surface area is 197 Å². The van der Waals surface area contributed by atoms with E-state index in [1.165, 1.54) is 11.0 Å². The molecule has 1 fully saturated rings. The third-order valence-electron chi connectivity index (χ3n) is 4.70. The summed E-state index contributed by atoms with van der Waals surface area (Å²) >= 11 is 3.38. The molecule has 0 unspecified atom stereocenters. The van der Waals surface area contributed by atoms with Gasteiger partial charge in [0.1, 0.15) is 12.6 Å². The Morgan fingerprint density at radius 3 is 2.72 bits per heavy atom. The van der Waals surface area contributed by atoms with Crippen molar-refractivity contribution in [3.63, 3.8) is 0 Å². The maximum absolute atomic E-state index is 12.8. The number of halogens is 1. The number of nitrogens with zero attached hydrogens (tertiary/aromatic N) is 2. The topological polar surface area (TPSA) is 169 Å². The number of carbonyl (C=O) groups excluding carboxylic acids is 2. The van der Waals surface area contributed by atoms with Crippen LogP contribution in [0.1, 0.15) is 10.7 Å². The molecule has 1 heterocycles. The maximum atomic E-state index is 12.8. The van der Waals surface area contributed by atoms with Crippen molar-refractivity contribution in [2.24, 2.45) is 16.6 Å². The molecule has 0 saturated carbocycles. The smallest absolute Gasteiger partial charge is 0.241 e. The highest BCUT2D eigenvalue weighted by Crippen LogP contribution is 2.23. The number of amides is 2. The molecule has 2 aromatic carbocycles. The summed E-state index contributed by atoms with van der Waals surface area (Å²) in [5.41, 5.74) is 10.2. The molecular formula is C19H29BrN6O5S. The van der Waals surface area contributed by atoms with Gasteiger partial charge in [0.15, 0.2) is 0 Å². The zero-order chi connectivity index (χ0) is 23.3. The van der Waals surface area contributed by atoms with Gasteiger partial charge in [0.2, 0.25) is 27.8 Å². The molecule has 3 rings (SSSR count). The fraction of sp³-hybridized carbons (Fsp3) is 0.316. The molecule has 0 spiro atoms. The minimum Gasteiger partial charge on any atom is -0.391 e. The van der Waals surface area contributed by atoms with E-state index in [0.717, 1.165) is 15.2 Å². The number of fused-ring (bicyclic) bond motifs is 1. The van der Waals surface area contributed by atoms with Crippen LogP contribution in [0, 0.1) is 0 Å². The summed E-state index contributed by atoms with van der Waals surface area (Å²) < 4.78 is 29.0. The van der Waals surface area contributed by atoms with E-state index in [2.05, 4.69) is 31.1 Å². The number of rotatable bonds is 9. The second kappa shape index (κ2) is 10.1. The van der Waals surface area contributed by atoms with Gasteiger partial charge in [-0.15, -0.1) is 0 Å². The van der Waals surface area contributed by atoms with E-state index in [0.29, 0.717) is 0 Å². The van der Waals surface area contributed by atoms with E-state index in [1.807, 2.05) is 18.2 Å². The van der Waals surface area contributed by atoms with Crippen LogP contribution in [0.15, 0.2) is 50.9 Å². The fourth-order valence-electron chi connectivity index (χ4n) is 3.21. The summed E-state index contributed by atoms with van der Waals surface area (Å²) in [5.74, 6) is -1.09. The van der Waals surface area contributed by atoms with Crippen LogP contribution in [-0.2, 0) is 24.4 Å². The summed E-state index contributed by atoms with van der Waals surface area (Å²) in [6, 6.07) is 9.34. The van der Waals surface area contributed by atoms with Gasteiger partial charge in [-0.1, -0.05) is 28.1 Å². The molecule has 0 aliphatic carbocycles. The fourth-order valence-corrected chi connectivity index (χ4v) is 4.85. The molecule has 32 heavy (non-hydrogen) atoms. The summed E-state index contributed by atoms with van der Waals surface area (Å²) in [6.07, 6.45) is 0.263. The van der Waals surface area contributed by atoms with Crippen LogP contribution in [0.2, 0.25) is 0 Å². The number of hydrogen-bond donors (Lipinski definition) is 4. The van der Waals surface area contributed by atoms with Crippen LogP contribution in [0.5, 0.6) is 0 Å². The third kappa shape index (κ3) is 6.08. The summed E-state index contributed by atoms with van der Waals surface area (Å²) in [5, 5.41) is 7.52. The monoisotopic (exact) mass is 532 g/mol. The molecule has 2 aromatic rings. The van der Waals surface area contributed by atoms with Gasteiger partial charge >= 0.3 is 0 Å². The van der Waals surface area contributed by atoms with Gasteiger partial charge in [0.25, 0.3) is 0 Å². The Balaban J connectivity index is 0.00000385. The SMILES string of the molecule is NC(N)=NOCCNC(=O)CN1CC[C@H](NS(=O)(=O)c2ccc3cc(Br)ccc3c2)C1=O.[HH].[HH].[HH]. The molecule has 13 heteroatoms. The number of hydrogen-bond acceptors (Lipinski definition) is 6. The van der Waals surface area contributed by atoms with E-state index in [1.54, 1.807) is 12.1 Å². The molecule has 0 bridgehead atoms. The van der Waals surface area contributed by atoms with E-state index in [4.69, 9.17) is 16.3 Å². The van der Waals surface area contributed by atoms with Crippen molar-refractivity contribution >= 4 is 54.5 Å². The minimum atomic E-state index is -3.92. The van der Waals surface area contributed by atoms with Crippen LogP contribution in [-0.4, -0.2) is 63.4 Å². The van der Waals surface area contributed by atoms with Gasteiger partial charge in [0, 0.05) is 15.3 Å². The number of nitrogens with one attached hydrogen (secondary N) is 2. The van der Waals surface area contributed by atoms with Gasteiger partial charge < -0.3 is 26.5 Å². The highest BCUT2D eigenvalue weighted by atomic mass is 79.9. The lowest BCUT2D eigenvalue weighted by Gasteiger charge is -2.17. The lowest BCUT2D eigenvalue weighted by Crippen LogP contribution is -2.44. The lowest BCUT2D eigenvalue weighted by atomic mass is 10.1. The second-order valence-electron chi connectivity index (χ2n) is 7.07. The Hall–Kier alpha value is -2.90. The number of nitrogens with two attached hydrogens (primary N) is 2. The predicted molar refractivity (Wildman–Crippen MR) is 128 cm³/mol. The first-order valence-corrected chi connectivity index (χ1v) is 11.9. The second-order valence-corrected chi connectivity index (χ2v) is 9.70. The first-order chi connectivity index (χ1) is 15.2. The van der Waals surface area contributed by atoms with E-state index in [9.17, 15) is 18.0 Å². The van der Waals surface area contributed by atoms with Crippen molar-refractivity contribution < 1.29 is 27.1 Å². The van der Waals surface area contributed by atoms with Gasteiger partial charge in [-0.05, 0) is 46.6 Å². The zero-order valence-corrected chi connectivity index (χ0v) is 19.4. The van der Waals surface area contributed by atoms with Crippen molar-refractivity contribution in [1.82, 2.24) is 14.9 Å². The number of benzene rings is 2. The average Bonchev–Trinajstić information content (AvgIpc) is 3.05. The Kier molecular flexibility index (Phi) is 7.53. The number of oxime groups is 1. The first kappa shape index (κ1) is 23.8. The molecule has 11 nitrogen and oxygen atoms in total. The quantitative estimate of drug-likeness (QED) is 0.158. The van der Waals surface area contributed by atoms with E-state index in [-0.39, 0.29) is 47.8 Å². The number of guanidine groups is 1. The Morgan fingerprint density at radius 1 is 1.25 bits per heavy atom. The molecule has 1 aliphatic rings.